The van der Waals surface area contributed by atoms with Crippen molar-refractivity contribution in [1.29, 1.82) is 0 Å². The summed E-state index contributed by atoms with van der Waals surface area (Å²) in [5.74, 6) is 0.455. The second kappa shape index (κ2) is 7.78. The number of carbonyl (C=O) groups is 1. The molecule has 126 valence electrons. The van der Waals surface area contributed by atoms with Crippen LogP contribution in [0.15, 0.2) is 0 Å². The van der Waals surface area contributed by atoms with Crippen molar-refractivity contribution >= 4 is 5.97 Å². The molecule has 0 radical (unpaired) electrons. The number of hydrogen-bond donors (Lipinski definition) is 1. The van der Waals surface area contributed by atoms with Crippen LogP contribution in [0.3, 0.4) is 0 Å². The molecule has 2 unspecified atom stereocenters. The van der Waals surface area contributed by atoms with E-state index in [4.69, 9.17) is 4.74 Å². The van der Waals surface area contributed by atoms with Crippen molar-refractivity contribution in [2.45, 2.75) is 82.8 Å². The minimum atomic E-state index is -0.0124. The van der Waals surface area contributed by atoms with E-state index in [1.165, 1.54) is 51.5 Å². The Morgan fingerprint density at radius 3 is 2.55 bits per heavy atom. The predicted molar refractivity (Wildman–Crippen MR) is 87.7 cm³/mol. The molecule has 22 heavy (non-hydrogen) atoms. The summed E-state index contributed by atoms with van der Waals surface area (Å²) >= 11 is 0. The van der Waals surface area contributed by atoms with E-state index >= 15 is 0 Å². The molecule has 2 atom stereocenters. The molecule has 1 heterocycles. The van der Waals surface area contributed by atoms with Gasteiger partial charge in [-0.25, -0.2) is 0 Å². The number of hydrogen-bond acceptors (Lipinski definition) is 4. The van der Waals surface area contributed by atoms with E-state index in [0.29, 0.717) is 31.0 Å². The highest BCUT2D eigenvalue weighted by atomic mass is 16.5. The molecule has 0 spiro atoms. The van der Waals surface area contributed by atoms with Crippen molar-refractivity contribution in [3.8, 4) is 0 Å². The predicted octanol–water partition coefficient (Wildman–Crippen LogP) is 2.71. The van der Waals surface area contributed by atoms with Crippen molar-refractivity contribution in [3.63, 3.8) is 0 Å². The van der Waals surface area contributed by atoms with Crippen LogP contribution in [0.25, 0.3) is 0 Å². The van der Waals surface area contributed by atoms with Gasteiger partial charge in [0.05, 0.1) is 6.61 Å². The Morgan fingerprint density at radius 2 is 1.86 bits per heavy atom. The highest BCUT2D eigenvalue weighted by Gasteiger charge is 2.37. The molecule has 3 rings (SSSR count). The Bertz CT molecular complexity index is 364. The fourth-order valence-corrected chi connectivity index (χ4v) is 4.31. The molecule has 0 aromatic rings. The fourth-order valence-electron chi connectivity index (χ4n) is 4.31. The maximum absolute atomic E-state index is 11.8. The van der Waals surface area contributed by atoms with Gasteiger partial charge in [0.2, 0.25) is 0 Å². The Kier molecular flexibility index (Phi) is 5.75. The lowest BCUT2D eigenvalue weighted by Crippen LogP contribution is -2.53. The molecule has 0 amide bonds. The number of nitrogens with one attached hydrogen (secondary N) is 1. The number of rotatable bonds is 6. The summed E-state index contributed by atoms with van der Waals surface area (Å²) in [7, 11) is 0. The molecule has 0 bridgehead atoms. The van der Waals surface area contributed by atoms with Gasteiger partial charge in [0.15, 0.2) is 0 Å². The first-order valence-corrected chi connectivity index (χ1v) is 9.40. The van der Waals surface area contributed by atoms with E-state index in [2.05, 4.69) is 10.2 Å². The maximum atomic E-state index is 11.8. The summed E-state index contributed by atoms with van der Waals surface area (Å²) < 4.78 is 5.16. The smallest absolute Gasteiger partial charge is 0.306 e. The lowest BCUT2D eigenvalue weighted by Gasteiger charge is -2.40. The normalized spacial score (nSPS) is 31.1. The minimum absolute atomic E-state index is 0.0124. The lowest BCUT2D eigenvalue weighted by atomic mass is 9.89. The van der Waals surface area contributed by atoms with E-state index in [-0.39, 0.29) is 5.97 Å². The first kappa shape index (κ1) is 16.3. The maximum Gasteiger partial charge on any atom is 0.306 e. The molecule has 2 aliphatic carbocycles. The molecule has 1 aliphatic heterocycles. The summed E-state index contributed by atoms with van der Waals surface area (Å²) in [6.45, 7) is 4.66. The molecular weight excluding hydrogens is 276 g/mol. The van der Waals surface area contributed by atoms with E-state index in [0.717, 1.165) is 19.0 Å². The number of nitrogens with zero attached hydrogens (tertiary/aromatic N) is 1. The van der Waals surface area contributed by atoms with Crippen LogP contribution in [0, 0.1) is 5.92 Å². The third-order valence-corrected chi connectivity index (χ3v) is 5.47. The van der Waals surface area contributed by atoms with Crippen LogP contribution in [0.5, 0.6) is 0 Å². The number of carbonyl (C=O) groups excluding carboxylic acids is 1. The first-order chi connectivity index (χ1) is 10.7. The molecule has 2 saturated carbocycles. The van der Waals surface area contributed by atoms with Crippen LogP contribution in [0.1, 0.15) is 64.7 Å². The Balaban J connectivity index is 1.53. The third kappa shape index (κ3) is 4.69. The zero-order chi connectivity index (χ0) is 15.4. The summed E-state index contributed by atoms with van der Waals surface area (Å²) in [6.07, 6.45) is 11.3. The summed E-state index contributed by atoms with van der Waals surface area (Å²) in [5, 5.41) is 3.91. The first-order valence-electron chi connectivity index (χ1n) is 9.40. The van der Waals surface area contributed by atoms with E-state index in [1.807, 2.05) is 6.92 Å². The van der Waals surface area contributed by atoms with Crippen molar-refractivity contribution < 1.29 is 9.53 Å². The zero-order valence-corrected chi connectivity index (χ0v) is 14.1. The molecule has 0 aromatic carbocycles. The van der Waals surface area contributed by atoms with Crippen LogP contribution < -0.4 is 5.32 Å². The van der Waals surface area contributed by atoms with Gasteiger partial charge in [-0.05, 0) is 44.9 Å². The highest BCUT2D eigenvalue weighted by molar-refractivity contribution is 5.69. The zero-order valence-electron chi connectivity index (χ0n) is 14.1. The molecular formula is C18H32N2O2. The largest absolute Gasteiger partial charge is 0.466 e. The number of likely N-dealkylation sites (tertiary alicyclic amines) is 1. The molecule has 0 aromatic heterocycles. The van der Waals surface area contributed by atoms with E-state index in [1.54, 1.807) is 0 Å². The van der Waals surface area contributed by atoms with Gasteiger partial charge in [-0.3, -0.25) is 9.69 Å². The number of esters is 1. The molecule has 3 fully saturated rings. The van der Waals surface area contributed by atoms with Gasteiger partial charge in [0.25, 0.3) is 0 Å². The molecule has 1 saturated heterocycles. The van der Waals surface area contributed by atoms with E-state index < -0.39 is 0 Å². The standard InChI is InChI=1S/C18H32N2O2/c1-2-22-18(21)11-14-10-16(13-20(12-14)17-8-9-17)19-15-6-4-3-5-7-15/h14-17,19H,2-13H2,1H3. The molecule has 4 nitrogen and oxygen atoms in total. The van der Waals surface area contributed by atoms with Gasteiger partial charge in [0.1, 0.15) is 0 Å². The molecule has 1 N–H and O–H groups in total. The third-order valence-electron chi connectivity index (χ3n) is 5.47. The number of ether oxygens (including phenoxy) is 1. The number of piperidine rings is 1. The Morgan fingerprint density at radius 1 is 1.09 bits per heavy atom. The van der Waals surface area contributed by atoms with Crippen molar-refractivity contribution in [2.75, 3.05) is 19.7 Å². The van der Waals surface area contributed by atoms with Crippen LogP contribution in [0.4, 0.5) is 0 Å². The topological polar surface area (TPSA) is 41.6 Å². The fraction of sp³-hybridized carbons (Fsp3) is 0.944. The van der Waals surface area contributed by atoms with Gasteiger partial charge >= 0.3 is 5.97 Å². The second-order valence-corrected chi connectivity index (χ2v) is 7.49. The lowest BCUT2D eigenvalue weighted by molar-refractivity contribution is -0.144. The second-order valence-electron chi connectivity index (χ2n) is 7.49. The van der Waals surface area contributed by atoms with Crippen LogP contribution >= 0.6 is 0 Å². The molecule has 4 heteroatoms. The Labute approximate surface area is 135 Å². The quantitative estimate of drug-likeness (QED) is 0.766. The van der Waals surface area contributed by atoms with Gasteiger partial charge < -0.3 is 10.1 Å². The summed E-state index contributed by atoms with van der Waals surface area (Å²) in [6, 6.07) is 2.07. The van der Waals surface area contributed by atoms with Crippen molar-refractivity contribution in [1.82, 2.24) is 10.2 Å². The van der Waals surface area contributed by atoms with Crippen molar-refractivity contribution in [3.05, 3.63) is 0 Å². The van der Waals surface area contributed by atoms with Gasteiger partial charge in [-0.1, -0.05) is 19.3 Å². The monoisotopic (exact) mass is 308 g/mol. The van der Waals surface area contributed by atoms with Gasteiger partial charge in [0, 0.05) is 37.6 Å². The SMILES string of the molecule is CCOC(=O)CC1CC(NC2CCCCC2)CN(C2CC2)C1. The van der Waals surface area contributed by atoms with Gasteiger partial charge in [-0.2, -0.15) is 0 Å². The van der Waals surface area contributed by atoms with Crippen LogP contribution in [-0.2, 0) is 9.53 Å². The van der Waals surface area contributed by atoms with E-state index in [9.17, 15) is 4.79 Å². The Hall–Kier alpha value is -0.610. The summed E-state index contributed by atoms with van der Waals surface area (Å²) in [5.41, 5.74) is 0. The van der Waals surface area contributed by atoms with Crippen LogP contribution in [-0.4, -0.2) is 48.7 Å². The van der Waals surface area contributed by atoms with Gasteiger partial charge in [-0.15, -0.1) is 0 Å². The highest BCUT2D eigenvalue weighted by Crippen LogP contribution is 2.32. The summed E-state index contributed by atoms with van der Waals surface area (Å²) in [4.78, 5) is 14.5. The van der Waals surface area contributed by atoms with Crippen LogP contribution in [0.2, 0.25) is 0 Å². The minimum Gasteiger partial charge on any atom is -0.466 e. The van der Waals surface area contributed by atoms with Crippen molar-refractivity contribution in [2.24, 2.45) is 5.92 Å². The average Bonchev–Trinajstić information content (AvgIpc) is 3.33. The molecule has 3 aliphatic rings. The average molecular weight is 308 g/mol.